The van der Waals surface area contributed by atoms with Gasteiger partial charge in [0.1, 0.15) is 17.3 Å². The highest BCUT2D eigenvalue weighted by Crippen LogP contribution is 2.25. The molecule has 0 aliphatic carbocycles. The third kappa shape index (κ3) is 3.84. The standard InChI is InChI=1S/C14H13BrFNO3/c1-9(12-3-2-6-19-12)17-14(18)8-20-13-5-4-10(16)7-11(13)15/h2-7,9H,8H2,1H3,(H,17,18). The fraction of sp³-hybridized carbons (Fsp3) is 0.214. The van der Waals surface area contributed by atoms with Gasteiger partial charge >= 0.3 is 0 Å². The summed E-state index contributed by atoms with van der Waals surface area (Å²) in [5.74, 6) is 0.416. The smallest absolute Gasteiger partial charge is 0.258 e. The van der Waals surface area contributed by atoms with E-state index in [1.807, 2.05) is 6.92 Å². The maximum absolute atomic E-state index is 12.9. The number of rotatable bonds is 5. The molecule has 2 rings (SSSR count). The Labute approximate surface area is 124 Å². The van der Waals surface area contributed by atoms with Gasteiger partial charge in [0, 0.05) is 0 Å². The molecule has 0 fully saturated rings. The zero-order chi connectivity index (χ0) is 14.5. The zero-order valence-corrected chi connectivity index (χ0v) is 12.3. The summed E-state index contributed by atoms with van der Waals surface area (Å²) in [6.07, 6.45) is 1.55. The molecule has 6 heteroatoms. The monoisotopic (exact) mass is 341 g/mol. The molecular weight excluding hydrogens is 329 g/mol. The van der Waals surface area contributed by atoms with Crippen molar-refractivity contribution < 1.29 is 18.3 Å². The van der Waals surface area contributed by atoms with Gasteiger partial charge in [-0.2, -0.15) is 0 Å². The van der Waals surface area contributed by atoms with Crippen LogP contribution in [0.4, 0.5) is 4.39 Å². The Hall–Kier alpha value is -1.82. The molecular formula is C14H13BrFNO3. The van der Waals surface area contributed by atoms with Crippen LogP contribution in [0.1, 0.15) is 18.7 Å². The molecule has 1 heterocycles. The van der Waals surface area contributed by atoms with Crippen LogP contribution in [0.3, 0.4) is 0 Å². The summed E-state index contributed by atoms with van der Waals surface area (Å²) in [5, 5.41) is 2.74. The van der Waals surface area contributed by atoms with Crippen molar-refractivity contribution in [3.05, 3.63) is 52.6 Å². The average molecular weight is 342 g/mol. The number of halogens is 2. The Kier molecular flexibility index (Phi) is 4.79. The van der Waals surface area contributed by atoms with Crippen LogP contribution in [0.2, 0.25) is 0 Å². The van der Waals surface area contributed by atoms with Crippen LogP contribution in [0.25, 0.3) is 0 Å². The fourth-order valence-electron chi connectivity index (χ4n) is 1.63. The van der Waals surface area contributed by atoms with Crippen LogP contribution in [-0.4, -0.2) is 12.5 Å². The molecule has 1 atom stereocenters. The maximum Gasteiger partial charge on any atom is 0.258 e. The highest BCUT2D eigenvalue weighted by molar-refractivity contribution is 9.10. The van der Waals surface area contributed by atoms with Gasteiger partial charge in [0.2, 0.25) is 0 Å². The number of hydrogen-bond acceptors (Lipinski definition) is 3. The number of carbonyl (C=O) groups excluding carboxylic acids is 1. The Morgan fingerprint density at radius 3 is 2.95 bits per heavy atom. The van der Waals surface area contributed by atoms with E-state index in [0.29, 0.717) is 16.0 Å². The molecule has 0 radical (unpaired) electrons. The van der Waals surface area contributed by atoms with Crippen molar-refractivity contribution in [2.24, 2.45) is 0 Å². The first kappa shape index (κ1) is 14.6. The van der Waals surface area contributed by atoms with Crippen molar-refractivity contribution in [3.63, 3.8) is 0 Å². The molecule has 1 aromatic carbocycles. The lowest BCUT2D eigenvalue weighted by Gasteiger charge is -2.12. The number of benzene rings is 1. The van der Waals surface area contributed by atoms with Crippen LogP contribution in [0, 0.1) is 5.82 Å². The lowest BCUT2D eigenvalue weighted by molar-refractivity contribution is -0.123. The molecule has 20 heavy (non-hydrogen) atoms. The Morgan fingerprint density at radius 2 is 2.30 bits per heavy atom. The maximum atomic E-state index is 12.9. The summed E-state index contributed by atoms with van der Waals surface area (Å²) in [4.78, 5) is 11.7. The second kappa shape index (κ2) is 6.56. The topological polar surface area (TPSA) is 51.5 Å². The third-order valence-corrected chi connectivity index (χ3v) is 3.22. The molecule has 0 spiro atoms. The van der Waals surface area contributed by atoms with Crippen molar-refractivity contribution in [2.75, 3.05) is 6.61 Å². The van der Waals surface area contributed by atoms with Crippen molar-refractivity contribution >= 4 is 21.8 Å². The first-order valence-corrected chi connectivity index (χ1v) is 6.76. The second-order valence-electron chi connectivity index (χ2n) is 4.17. The lowest BCUT2D eigenvalue weighted by Crippen LogP contribution is -2.31. The van der Waals surface area contributed by atoms with Gasteiger partial charge in [0.05, 0.1) is 16.8 Å². The Balaban J connectivity index is 1.86. The quantitative estimate of drug-likeness (QED) is 0.906. The summed E-state index contributed by atoms with van der Waals surface area (Å²) >= 11 is 3.17. The predicted molar refractivity (Wildman–Crippen MR) is 74.9 cm³/mol. The van der Waals surface area contributed by atoms with Crippen LogP contribution < -0.4 is 10.1 Å². The number of ether oxygens (including phenoxy) is 1. The van der Waals surface area contributed by atoms with Crippen molar-refractivity contribution in [1.29, 1.82) is 0 Å². The van der Waals surface area contributed by atoms with Crippen molar-refractivity contribution in [3.8, 4) is 5.75 Å². The minimum atomic E-state index is -0.375. The summed E-state index contributed by atoms with van der Waals surface area (Å²) in [6, 6.07) is 7.30. The molecule has 4 nitrogen and oxygen atoms in total. The normalized spacial score (nSPS) is 11.9. The molecule has 106 valence electrons. The summed E-state index contributed by atoms with van der Waals surface area (Å²) < 4.78 is 23.9. The number of hydrogen-bond donors (Lipinski definition) is 1. The molecule has 0 saturated heterocycles. The van der Waals surface area contributed by atoms with Gasteiger partial charge < -0.3 is 14.5 Å². The van der Waals surface area contributed by atoms with Crippen molar-refractivity contribution in [2.45, 2.75) is 13.0 Å². The first-order valence-electron chi connectivity index (χ1n) is 5.97. The number of furan rings is 1. The largest absolute Gasteiger partial charge is 0.483 e. The Bertz CT molecular complexity index is 586. The van der Waals surface area contributed by atoms with Gasteiger partial charge in [-0.25, -0.2) is 4.39 Å². The van der Waals surface area contributed by atoms with Gasteiger partial charge in [-0.15, -0.1) is 0 Å². The number of nitrogens with one attached hydrogen (secondary N) is 1. The van der Waals surface area contributed by atoms with E-state index in [-0.39, 0.29) is 24.4 Å². The highest BCUT2D eigenvalue weighted by atomic mass is 79.9. The number of carbonyl (C=O) groups is 1. The second-order valence-corrected chi connectivity index (χ2v) is 5.02. The SMILES string of the molecule is CC(NC(=O)COc1ccc(F)cc1Br)c1ccco1. The van der Waals surface area contributed by atoms with Crippen LogP contribution >= 0.6 is 15.9 Å². The molecule has 0 aliphatic heterocycles. The van der Waals surface area contributed by atoms with Crippen LogP contribution in [0.15, 0.2) is 45.5 Å². The average Bonchev–Trinajstić information content (AvgIpc) is 2.91. The molecule has 0 saturated carbocycles. The first-order chi connectivity index (χ1) is 9.56. The van der Waals surface area contributed by atoms with Gasteiger partial charge in [-0.3, -0.25) is 4.79 Å². The summed E-state index contributed by atoms with van der Waals surface area (Å²) in [7, 11) is 0. The molecule has 0 bridgehead atoms. The van der Waals surface area contributed by atoms with Crippen LogP contribution in [-0.2, 0) is 4.79 Å². The van der Waals surface area contributed by atoms with E-state index in [1.165, 1.54) is 18.2 Å². The highest BCUT2D eigenvalue weighted by Gasteiger charge is 2.12. The van der Waals surface area contributed by atoms with Gasteiger partial charge in [0.15, 0.2) is 6.61 Å². The van der Waals surface area contributed by atoms with E-state index in [4.69, 9.17) is 9.15 Å². The zero-order valence-electron chi connectivity index (χ0n) is 10.7. The third-order valence-electron chi connectivity index (χ3n) is 2.60. The fourth-order valence-corrected chi connectivity index (χ4v) is 2.09. The van der Waals surface area contributed by atoms with Gasteiger partial charge in [-0.05, 0) is 53.2 Å². The van der Waals surface area contributed by atoms with E-state index in [1.54, 1.807) is 18.4 Å². The number of amides is 1. The minimum absolute atomic E-state index is 0.157. The van der Waals surface area contributed by atoms with Gasteiger partial charge in [-0.1, -0.05) is 0 Å². The van der Waals surface area contributed by atoms with E-state index in [0.717, 1.165) is 0 Å². The molecule has 1 unspecified atom stereocenters. The van der Waals surface area contributed by atoms with E-state index >= 15 is 0 Å². The van der Waals surface area contributed by atoms with Crippen LogP contribution in [0.5, 0.6) is 5.75 Å². The van der Waals surface area contributed by atoms with Crippen molar-refractivity contribution in [1.82, 2.24) is 5.32 Å². The summed E-state index contributed by atoms with van der Waals surface area (Å²) in [5.41, 5.74) is 0. The molecule has 1 aromatic heterocycles. The lowest BCUT2D eigenvalue weighted by atomic mass is 10.2. The van der Waals surface area contributed by atoms with E-state index in [2.05, 4.69) is 21.2 Å². The van der Waals surface area contributed by atoms with E-state index in [9.17, 15) is 9.18 Å². The van der Waals surface area contributed by atoms with Gasteiger partial charge in [0.25, 0.3) is 5.91 Å². The Morgan fingerprint density at radius 1 is 1.50 bits per heavy atom. The molecule has 0 aliphatic rings. The minimum Gasteiger partial charge on any atom is -0.483 e. The molecule has 1 N–H and O–H groups in total. The molecule has 1 amide bonds. The van der Waals surface area contributed by atoms with E-state index < -0.39 is 0 Å². The predicted octanol–water partition coefficient (Wildman–Crippen LogP) is 3.44. The summed E-state index contributed by atoms with van der Waals surface area (Å²) in [6.45, 7) is 1.65. The molecule has 2 aromatic rings.